The summed E-state index contributed by atoms with van der Waals surface area (Å²) < 4.78 is 18.4. The molecule has 2 unspecified atom stereocenters. The molecule has 1 amide bonds. The van der Waals surface area contributed by atoms with Gasteiger partial charge in [0.15, 0.2) is 11.6 Å². The Hall–Kier alpha value is -2.11. The number of carboxylic acids is 1. The van der Waals surface area contributed by atoms with E-state index < -0.39 is 11.8 Å². The number of rotatable bonds is 7. The molecule has 2 N–H and O–H groups in total. The van der Waals surface area contributed by atoms with Crippen LogP contribution in [0.2, 0.25) is 0 Å². The molecule has 1 aromatic rings. The number of carbonyl (C=O) groups is 2. The molecule has 116 valence electrons. The van der Waals surface area contributed by atoms with Gasteiger partial charge in [-0.2, -0.15) is 0 Å². The summed E-state index contributed by atoms with van der Waals surface area (Å²) in [7, 11) is 1.38. The van der Waals surface area contributed by atoms with Crippen LogP contribution in [0.4, 0.5) is 4.39 Å². The molecular formula is C15H20FNO4. The minimum Gasteiger partial charge on any atom is -0.494 e. The van der Waals surface area contributed by atoms with Crippen molar-refractivity contribution in [3.05, 3.63) is 29.6 Å². The van der Waals surface area contributed by atoms with Crippen molar-refractivity contribution >= 4 is 11.9 Å². The van der Waals surface area contributed by atoms with Gasteiger partial charge in [0.2, 0.25) is 5.91 Å². The largest absolute Gasteiger partial charge is 0.494 e. The van der Waals surface area contributed by atoms with Crippen LogP contribution in [0, 0.1) is 11.7 Å². The molecular weight excluding hydrogens is 277 g/mol. The smallest absolute Gasteiger partial charge is 0.303 e. The predicted molar refractivity (Wildman–Crippen MR) is 75.5 cm³/mol. The zero-order valence-electron chi connectivity index (χ0n) is 12.4. The summed E-state index contributed by atoms with van der Waals surface area (Å²) in [6.07, 6.45) is 0.0637. The van der Waals surface area contributed by atoms with E-state index in [1.807, 2.05) is 0 Å². The molecule has 0 saturated carbocycles. The van der Waals surface area contributed by atoms with Crippen LogP contribution in [-0.2, 0) is 9.59 Å². The van der Waals surface area contributed by atoms with Gasteiger partial charge in [-0.1, -0.05) is 13.0 Å². The van der Waals surface area contributed by atoms with E-state index >= 15 is 0 Å². The molecule has 0 bridgehead atoms. The van der Waals surface area contributed by atoms with Gasteiger partial charge in [-0.15, -0.1) is 0 Å². The van der Waals surface area contributed by atoms with E-state index in [9.17, 15) is 14.0 Å². The van der Waals surface area contributed by atoms with Gasteiger partial charge in [0.1, 0.15) is 0 Å². The van der Waals surface area contributed by atoms with E-state index in [0.29, 0.717) is 5.56 Å². The molecule has 5 nitrogen and oxygen atoms in total. The Kier molecular flexibility index (Phi) is 6.14. The van der Waals surface area contributed by atoms with Crippen LogP contribution in [0.5, 0.6) is 5.75 Å². The molecule has 0 aliphatic carbocycles. The van der Waals surface area contributed by atoms with E-state index in [1.54, 1.807) is 19.9 Å². The average molecular weight is 297 g/mol. The zero-order chi connectivity index (χ0) is 16.0. The molecule has 0 saturated heterocycles. The van der Waals surface area contributed by atoms with Crippen LogP contribution >= 0.6 is 0 Å². The maximum atomic E-state index is 13.6. The number of aliphatic carboxylic acids is 1. The number of hydrogen-bond acceptors (Lipinski definition) is 3. The van der Waals surface area contributed by atoms with Crippen LogP contribution < -0.4 is 10.1 Å². The van der Waals surface area contributed by atoms with Gasteiger partial charge in [0, 0.05) is 12.8 Å². The molecule has 6 heteroatoms. The molecule has 0 aliphatic heterocycles. The monoisotopic (exact) mass is 297 g/mol. The number of carbonyl (C=O) groups excluding carboxylic acids is 1. The number of methoxy groups -OCH3 is 1. The fourth-order valence-corrected chi connectivity index (χ4v) is 2.02. The third-order valence-corrected chi connectivity index (χ3v) is 3.11. The average Bonchev–Trinajstić information content (AvgIpc) is 2.36. The number of carboxylic acid groups (broad SMARTS) is 1. The highest BCUT2D eigenvalue weighted by atomic mass is 19.1. The van der Waals surface area contributed by atoms with Gasteiger partial charge < -0.3 is 15.2 Å². The third-order valence-electron chi connectivity index (χ3n) is 3.11. The minimum atomic E-state index is -0.930. The van der Waals surface area contributed by atoms with E-state index in [4.69, 9.17) is 9.84 Å². The summed E-state index contributed by atoms with van der Waals surface area (Å²) in [5.74, 6) is -1.78. The Morgan fingerprint density at radius 1 is 1.33 bits per heavy atom. The van der Waals surface area contributed by atoms with Crippen molar-refractivity contribution < 1.29 is 23.8 Å². The summed E-state index contributed by atoms with van der Waals surface area (Å²) in [4.78, 5) is 22.4. The first-order chi connectivity index (χ1) is 9.83. The number of benzene rings is 1. The van der Waals surface area contributed by atoms with E-state index in [0.717, 1.165) is 0 Å². The number of hydrogen-bond donors (Lipinski definition) is 2. The summed E-state index contributed by atoms with van der Waals surface area (Å²) in [5.41, 5.74) is 0.618. The van der Waals surface area contributed by atoms with Crippen LogP contribution in [-0.4, -0.2) is 24.1 Å². The molecule has 0 radical (unpaired) electrons. The Labute approximate surface area is 123 Å². The van der Waals surface area contributed by atoms with Crippen LogP contribution in [0.15, 0.2) is 18.2 Å². The second-order valence-electron chi connectivity index (χ2n) is 5.09. The van der Waals surface area contributed by atoms with E-state index in [1.165, 1.54) is 19.2 Å². The standard InChI is InChI=1S/C15H20FNO4/c1-9(7-15(19)20)6-14(18)17-10(2)11-4-5-13(21-3)12(16)8-11/h4-5,8-10H,6-7H2,1-3H3,(H,17,18)(H,19,20). The molecule has 0 spiro atoms. The molecule has 1 aromatic carbocycles. The van der Waals surface area contributed by atoms with Crippen molar-refractivity contribution in [2.75, 3.05) is 7.11 Å². The minimum absolute atomic E-state index is 0.0566. The van der Waals surface area contributed by atoms with Crippen LogP contribution in [0.1, 0.15) is 38.3 Å². The lowest BCUT2D eigenvalue weighted by Crippen LogP contribution is -2.28. The molecule has 1 rings (SSSR count). The molecule has 0 aromatic heterocycles. The Morgan fingerprint density at radius 2 is 2.00 bits per heavy atom. The Bertz CT molecular complexity index is 518. The highest BCUT2D eigenvalue weighted by Gasteiger charge is 2.16. The summed E-state index contributed by atoms with van der Waals surface area (Å²) in [6.45, 7) is 3.44. The maximum Gasteiger partial charge on any atom is 0.303 e. The molecule has 0 aliphatic rings. The highest BCUT2D eigenvalue weighted by molar-refractivity contribution is 5.77. The molecule has 21 heavy (non-hydrogen) atoms. The third kappa shape index (κ3) is 5.41. The van der Waals surface area contributed by atoms with Crippen molar-refractivity contribution in [3.63, 3.8) is 0 Å². The highest BCUT2D eigenvalue weighted by Crippen LogP contribution is 2.22. The van der Waals surface area contributed by atoms with Gasteiger partial charge in [-0.25, -0.2) is 4.39 Å². The second kappa shape index (κ2) is 7.61. The SMILES string of the molecule is COc1ccc(C(C)NC(=O)CC(C)CC(=O)O)cc1F. The number of ether oxygens (including phenoxy) is 1. The van der Waals surface area contributed by atoms with Crippen molar-refractivity contribution in [2.24, 2.45) is 5.92 Å². The number of amides is 1. The van der Waals surface area contributed by atoms with Crippen LogP contribution in [0.25, 0.3) is 0 Å². The van der Waals surface area contributed by atoms with Gasteiger partial charge in [0.25, 0.3) is 0 Å². The second-order valence-corrected chi connectivity index (χ2v) is 5.09. The van der Waals surface area contributed by atoms with E-state index in [2.05, 4.69) is 5.32 Å². The normalized spacial score (nSPS) is 13.3. The lowest BCUT2D eigenvalue weighted by Gasteiger charge is -2.16. The van der Waals surface area contributed by atoms with Crippen LogP contribution in [0.3, 0.4) is 0 Å². The predicted octanol–water partition coefficient (Wildman–Crippen LogP) is 2.51. The van der Waals surface area contributed by atoms with Crippen molar-refractivity contribution in [3.8, 4) is 5.75 Å². The van der Waals surface area contributed by atoms with Crippen molar-refractivity contribution in [2.45, 2.75) is 32.7 Å². The zero-order valence-corrected chi connectivity index (χ0v) is 12.4. The molecule has 2 atom stereocenters. The fourth-order valence-electron chi connectivity index (χ4n) is 2.02. The fraction of sp³-hybridized carbons (Fsp3) is 0.467. The summed E-state index contributed by atoms with van der Waals surface area (Å²) in [6, 6.07) is 4.12. The first-order valence-electron chi connectivity index (χ1n) is 6.68. The lowest BCUT2D eigenvalue weighted by atomic mass is 10.0. The Morgan fingerprint density at radius 3 is 2.52 bits per heavy atom. The van der Waals surface area contributed by atoms with Crippen molar-refractivity contribution in [1.82, 2.24) is 5.32 Å². The van der Waals surface area contributed by atoms with Gasteiger partial charge in [0.05, 0.1) is 13.2 Å². The first-order valence-corrected chi connectivity index (χ1v) is 6.68. The topological polar surface area (TPSA) is 75.6 Å². The summed E-state index contributed by atoms with van der Waals surface area (Å²) in [5, 5.41) is 11.4. The maximum absolute atomic E-state index is 13.6. The number of nitrogens with one attached hydrogen (secondary N) is 1. The molecule has 0 fully saturated rings. The van der Waals surface area contributed by atoms with Crippen molar-refractivity contribution in [1.29, 1.82) is 0 Å². The Balaban J connectivity index is 2.60. The first kappa shape index (κ1) is 16.9. The van der Waals surface area contributed by atoms with Gasteiger partial charge >= 0.3 is 5.97 Å². The molecule has 0 heterocycles. The lowest BCUT2D eigenvalue weighted by molar-refractivity contribution is -0.138. The quantitative estimate of drug-likeness (QED) is 0.811. The van der Waals surface area contributed by atoms with Gasteiger partial charge in [-0.3, -0.25) is 9.59 Å². The van der Waals surface area contributed by atoms with Gasteiger partial charge in [-0.05, 0) is 30.5 Å². The summed E-state index contributed by atoms with van der Waals surface area (Å²) >= 11 is 0. The van der Waals surface area contributed by atoms with E-state index in [-0.39, 0.29) is 36.5 Å². The number of halogens is 1.